The number of guanidine groups is 3. The van der Waals surface area contributed by atoms with E-state index in [0.29, 0.717) is 23.8 Å². The normalized spacial score (nSPS) is 14.7. The summed E-state index contributed by atoms with van der Waals surface area (Å²) in [5, 5.41) is 94.1. The molecule has 43 nitrogen and oxygen atoms in total. The molecule has 31 N–H and O–H groups in total. The van der Waals surface area contributed by atoms with Crippen LogP contribution in [0.1, 0.15) is 110 Å². The quantitative estimate of drug-likeness (QED) is 0.00961. The third-order valence-corrected chi connectivity index (χ3v) is 19.0. The van der Waals surface area contributed by atoms with Crippen LogP contribution >= 0.6 is 25.3 Å². The van der Waals surface area contributed by atoms with Gasteiger partial charge in [0.25, 0.3) is 0 Å². The Morgan fingerprint density at radius 1 is 0.407 bits per heavy atom. The maximum Gasteiger partial charge on any atom is 0.305 e. The zero-order valence-electron chi connectivity index (χ0n) is 66.8. The summed E-state index contributed by atoms with van der Waals surface area (Å²) < 4.78 is 0. The van der Waals surface area contributed by atoms with Gasteiger partial charge in [0.2, 0.25) is 82.7 Å². The van der Waals surface area contributed by atoms with E-state index in [4.69, 9.17) is 39.2 Å². The summed E-state index contributed by atoms with van der Waals surface area (Å²) in [5.41, 5.74) is 23.0. The van der Waals surface area contributed by atoms with Gasteiger partial charge in [0.05, 0.1) is 38.8 Å². The van der Waals surface area contributed by atoms with Crippen LogP contribution in [0.3, 0.4) is 0 Å². The van der Waals surface area contributed by atoms with Crippen molar-refractivity contribution >= 4 is 138 Å². The van der Waals surface area contributed by atoms with E-state index in [-0.39, 0.29) is 94.9 Å². The number of benzene rings is 2. The van der Waals surface area contributed by atoms with E-state index < -0.39 is 230 Å². The Hall–Kier alpha value is -11.5. The standard InChI is InChI=1S/C73H118N24O19S2/c1-7-39(5)57(96-61(107)45(23-16-26-82-72(77)78)87-54(102)32-84-53(101)31-85-60(106)47(28-41-18-11-9-12-19-41)90-68(114)56(38(3)4)95-67(113)52(37-118)93-65(111)50(35-100)92-59(105)44(74)34-99)69(115)91-49(30-55(103)104)64(110)88-46(24-17-27-83-73(79)80)62(108)97-58(40(6)8-2)70(116)94-51(36-117)66(112)89-48(29-42-20-13-10-14-21-42)63(109)86-43(33-98)22-15-25-81-71(75)76/h9-14,18-21,33,38-40,43-52,56-58,99-100,117-118H,7-8,15-17,22-32,34-37,74H2,1-6H3,(H,84,101)(H,85,106)(H,86,109)(H,87,102)(H,88,110)(H,89,112)(H,90,114)(H,91,115)(H,92,105)(H,93,111)(H,94,116)(H,95,113)(H,96,107)(H,97,108)(H,103,104)(H4,75,76,81)(H4,77,78,82)(H4,79,80,83)/t39-,40-,43-,44-,45-,46-,47-,48-,49-,50-,51-,52-,56+,57-,58-/m0/s1. The summed E-state index contributed by atoms with van der Waals surface area (Å²) in [6, 6.07) is -2.35. The van der Waals surface area contributed by atoms with Gasteiger partial charge in [-0.15, -0.1) is 0 Å². The molecule has 45 heteroatoms. The number of carbonyl (C=O) groups excluding carboxylic acids is 15. The summed E-state index contributed by atoms with van der Waals surface area (Å²) in [5.74, 6) is -19.2. The van der Waals surface area contributed by atoms with Crippen LogP contribution in [0.4, 0.5) is 0 Å². The number of carboxylic acids is 1. The van der Waals surface area contributed by atoms with Gasteiger partial charge in [-0.3, -0.25) is 88.1 Å². The zero-order valence-corrected chi connectivity index (χ0v) is 68.6. The number of aliphatic hydroxyl groups is 2. The number of nitrogens with one attached hydrogen (secondary N) is 20. The number of aliphatic hydroxyl groups excluding tert-OH is 2. The van der Waals surface area contributed by atoms with Gasteiger partial charge in [0, 0.05) is 44.0 Å². The van der Waals surface area contributed by atoms with Gasteiger partial charge in [-0.1, -0.05) is 115 Å². The largest absolute Gasteiger partial charge is 0.481 e. The number of amides is 14. The highest BCUT2D eigenvalue weighted by Gasteiger charge is 2.39. The molecule has 656 valence electrons. The molecule has 2 rings (SSSR count). The highest BCUT2D eigenvalue weighted by atomic mass is 32.1. The monoisotopic (exact) mass is 1700 g/mol. The highest BCUT2D eigenvalue weighted by molar-refractivity contribution is 7.80. The third-order valence-electron chi connectivity index (χ3n) is 18.3. The van der Waals surface area contributed by atoms with Crippen molar-refractivity contribution in [3.8, 4) is 0 Å². The molecule has 0 aliphatic rings. The Morgan fingerprint density at radius 3 is 1.19 bits per heavy atom. The molecule has 14 amide bonds. The van der Waals surface area contributed by atoms with E-state index in [1.54, 1.807) is 95.3 Å². The fourth-order valence-electron chi connectivity index (χ4n) is 11.1. The number of carboxylic acid groups (broad SMARTS) is 1. The van der Waals surface area contributed by atoms with Crippen LogP contribution in [0.15, 0.2) is 60.7 Å². The average Bonchev–Trinajstić information content (AvgIpc) is 0.853. The Labute approximate surface area is 694 Å². The number of rotatable bonds is 56. The molecule has 0 spiro atoms. The molecule has 0 aromatic heterocycles. The van der Waals surface area contributed by atoms with E-state index in [2.05, 4.69) is 116 Å². The second-order valence-corrected chi connectivity index (χ2v) is 28.8. The van der Waals surface area contributed by atoms with Crippen molar-refractivity contribution < 1.29 is 92.0 Å². The van der Waals surface area contributed by atoms with Crippen LogP contribution in [0.25, 0.3) is 0 Å². The average molecular weight is 1700 g/mol. The topological polar surface area (TPSA) is 714 Å². The molecule has 0 aliphatic carbocycles. The summed E-state index contributed by atoms with van der Waals surface area (Å²) in [4.78, 5) is 219. The molecule has 0 bridgehead atoms. The number of nitrogens with two attached hydrogens (primary N) is 4. The van der Waals surface area contributed by atoms with Gasteiger partial charge in [-0.05, 0) is 67.4 Å². The van der Waals surface area contributed by atoms with Crippen LogP contribution in [0.2, 0.25) is 0 Å². The van der Waals surface area contributed by atoms with Crippen molar-refractivity contribution in [2.45, 2.75) is 191 Å². The van der Waals surface area contributed by atoms with E-state index in [9.17, 15) is 92.0 Å². The molecule has 2 aromatic rings. The van der Waals surface area contributed by atoms with Crippen molar-refractivity contribution in [1.29, 1.82) is 16.2 Å². The minimum atomic E-state index is -1.99. The minimum absolute atomic E-state index is 0.00259. The Kier molecular flexibility index (Phi) is 48.0. The zero-order chi connectivity index (χ0) is 88.7. The molecule has 0 heterocycles. The Bertz CT molecular complexity index is 3710. The molecule has 15 atom stereocenters. The Morgan fingerprint density at radius 2 is 0.763 bits per heavy atom. The molecule has 0 fully saturated rings. The molecule has 0 unspecified atom stereocenters. The lowest BCUT2D eigenvalue weighted by molar-refractivity contribution is -0.142. The van der Waals surface area contributed by atoms with Gasteiger partial charge in [0.15, 0.2) is 17.9 Å². The van der Waals surface area contributed by atoms with E-state index in [0.717, 1.165) is 0 Å². The summed E-state index contributed by atoms with van der Waals surface area (Å²) in [6.07, 6.45) is -0.374. The molecular formula is C73H118N24O19S2. The van der Waals surface area contributed by atoms with Crippen LogP contribution in [0, 0.1) is 34.0 Å². The number of hydrogen-bond acceptors (Lipinski definition) is 24. The molecule has 0 saturated heterocycles. The molecule has 0 saturated carbocycles. The van der Waals surface area contributed by atoms with E-state index >= 15 is 0 Å². The first-order valence-electron chi connectivity index (χ1n) is 38.2. The van der Waals surface area contributed by atoms with Gasteiger partial charge >= 0.3 is 5.97 Å². The second kappa shape index (κ2) is 55.2. The summed E-state index contributed by atoms with van der Waals surface area (Å²) >= 11 is 8.46. The number of aldehydes is 1. The predicted octanol–water partition coefficient (Wildman–Crippen LogP) is -8.10. The molecule has 0 aliphatic heterocycles. The molecular weight excluding hydrogens is 1580 g/mol. The van der Waals surface area contributed by atoms with Crippen molar-refractivity contribution in [1.82, 2.24) is 90.4 Å². The van der Waals surface area contributed by atoms with E-state index in [1.165, 1.54) is 6.92 Å². The predicted molar refractivity (Wildman–Crippen MR) is 439 cm³/mol. The lowest BCUT2D eigenvalue weighted by Gasteiger charge is -2.30. The Balaban J connectivity index is 2.40. The number of hydrogen-bond donors (Lipinski definition) is 29. The third kappa shape index (κ3) is 39.0. The number of aliphatic carboxylic acids is 1. The van der Waals surface area contributed by atoms with Crippen LogP contribution in [-0.4, -0.2) is 264 Å². The van der Waals surface area contributed by atoms with Crippen molar-refractivity contribution in [2.75, 3.05) is 57.4 Å². The van der Waals surface area contributed by atoms with Crippen molar-refractivity contribution in [2.24, 2.45) is 40.7 Å². The fourth-order valence-corrected chi connectivity index (χ4v) is 11.6. The van der Waals surface area contributed by atoms with Crippen LogP contribution < -0.4 is 113 Å². The maximum absolute atomic E-state index is 14.6. The highest BCUT2D eigenvalue weighted by Crippen LogP contribution is 2.15. The second-order valence-electron chi connectivity index (χ2n) is 28.0. The molecule has 118 heavy (non-hydrogen) atoms. The SMILES string of the molecule is CC[C@H](C)[C@H](NC(=O)[C@H](CCCNC(=N)N)NC(=O)CNC(=O)CNC(=O)[C@H](Cc1ccccc1)NC(=O)[C@H](NC(=O)[C@H](CS)NC(=O)[C@H](CO)NC(=O)[C@@H](N)CO)C(C)C)C(=O)N[C@@H](CC(=O)O)C(=O)N[C@@H](CCCNC(=N)N)C(=O)N[C@H](C(=O)N[C@@H](CS)C(=O)N[C@@H](Cc1ccccc1)C(=O)N[C@H](C=O)CCCNC(=N)N)[C@@H](C)CC. The summed E-state index contributed by atoms with van der Waals surface area (Å²) in [7, 11) is 0. The lowest BCUT2D eigenvalue weighted by Crippen LogP contribution is -2.62. The van der Waals surface area contributed by atoms with Crippen LogP contribution in [0.5, 0.6) is 0 Å². The lowest BCUT2D eigenvalue weighted by atomic mass is 9.96. The minimum Gasteiger partial charge on any atom is -0.481 e. The van der Waals surface area contributed by atoms with Gasteiger partial charge in [-0.2, -0.15) is 25.3 Å². The van der Waals surface area contributed by atoms with Crippen LogP contribution in [-0.2, 0) is 89.6 Å². The van der Waals surface area contributed by atoms with Gasteiger partial charge in [0.1, 0.15) is 78.8 Å². The maximum atomic E-state index is 14.6. The first kappa shape index (κ1) is 103. The molecule has 2 aromatic carbocycles. The van der Waals surface area contributed by atoms with E-state index in [1.807, 2.05) is 0 Å². The summed E-state index contributed by atoms with van der Waals surface area (Å²) in [6.45, 7) is 6.45. The molecule has 0 radical (unpaired) electrons. The van der Waals surface area contributed by atoms with Crippen molar-refractivity contribution in [3.05, 3.63) is 71.8 Å². The first-order valence-corrected chi connectivity index (χ1v) is 39.5. The van der Waals surface area contributed by atoms with Crippen molar-refractivity contribution in [3.63, 3.8) is 0 Å². The fraction of sp³-hybridized carbons (Fsp3) is 0.575. The first-order chi connectivity index (χ1) is 55.9. The van der Waals surface area contributed by atoms with Gasteiger partial charge < -0.3 is 133 Å². The van der Waals surface area contributed by atoms with Gasteiger partial charge in [-0.25, -0.2) is 0 Å². The number of thiol groups is 2. The number of carbonyl (C=O) groups is 16. The smallest absolute Gasteiger partial charge is 0.305 e.